The first-order valence-corrected chi connectivity index (χ1v) is 7.47. The Kier molecular flexibility index (Phi) is 4.39. The third-order valence-corrected chi connectivity index (χ3v) is 4.55. The minimum Gasteiger partial charge on any atom is -0.481 e. The summed E-state index contributed by atoms with van der Waals surface area (Å²) in [6, 6.07) is 1.54. The van der Waals surface area contributed by atoms with Crippen LogP contribution in [0.3, 0.4) is 0 Å². The predicted molar refractivity (Wildman–Crippen MR) is 80.9 cm³/mol. The third kappa shape index (κ3) is 3.05. The molecule has 1 saturated carbocycles. The number of carboxylic acid groups (broad SMARTS) is 1. The summed E-state index contributed by atoms with van der Waals surface area (Å²) in [6.45, 7) is 3.23. The van der Waals surface area contributed by atoms with Crippen molar-refractivity contribution in [1.82, 2.24) is 9.88 Å². The average molecular weight is 306 g/mol. The number of carboxylic acids is 1. The second-order valence-corrected chi connectivity index (χ2v) is 6.29. The van der Waals surface area contributed by atoms with E-state index in [-0.39, 0.29) is 11.7 Å². The van der Waals surface area contributed by atoms with E-state index < -0.39 is 17.4 Å². The first-order chi connectivity index (χ1) is 10.2. The highest BCUT2D eigenvalue weighted by atomic mass is 16.4. The highest BCUT2D eigenvalue weighted by Crippen LogP contribution is 2.34. The number of aryl methyl sites for hydroxylation is 1. The molecule has 6 heteroatoms. The number of hydrogen-bond donors (Lipinski definition) is 2. The molecule has 0 aliphatic heterocycles. The number of amides is 1. The van der Waals surface area contributed by atoms with Gasteiger partial charge in [-0.05, 0) is 32.8 Å². The van der Waals surface area contributed by atoms with Crippen LogP contribution in [0, 0.1) is 5.92 Å². The van der Waals surface area contributed by atoms with Crippen LogP contribution in [-0.4, -0.2) is 32.9 Å². The number of Topliss-reactive ketones (excluding diaryl/α,β-unsaturated/α-hetero) is 1. The number of hydrogen-bond acceptors (Lipinski definition) is 3. The lowest BCUT2D eigenvalue weighted by Gasteiger charge is -2.39. The average Bonchev–Trinajstić information content (AvgIpc) is 2.80. The Morgan fingerprint density at radius 3 is 2.59 bits per heavy atom. The number of rotatable bonds is 4. The van der Waals surface area contributed by atoms with Crippen molar-refractivity contribution in [3.05, 3.63) is 23.5 Å². The van der Waals surface area contributed by atoms with Crippen LogP contribution in [-0.2, 0) is 11.8 Å². The molecule has 1 amide bonds. The van der Waals surface area contributed by atoms with Gasteiger partial charge in [0.1, 0.15) is 5.69 Å². The van der Waals surface area contributed by atoms with Gasteiger partial charge in [-0.3, -0.25) is 14.4 Å². The van der Waals surface area contributed by atoms with Crippen molar-refractivity contribution in [2.24, 2.45) is 13.0 Å². The van der Waals surface area contributed by atoms with E-state index in [1.54, 1.807) is 30.8 Å². The smallest absolute Gasteiger partial charge is 0.308 e. The summed E-state index contributed by atoms with van der Waals surface area (Å²) < 4.78 is 1.59. The van der Waals surface area contributed by atoms with Crippen LogP contribution in [0.4, 0.5) is 0 Å². The normalized spacial score (nSPS) is 24.8. The second-order valence-electron chi connectivity index (χ2n) is 6.29. The van der Waals surface area contributed by atoms with Crippen molar-refractivity contribution >= 4 is 17.7 Å². The number of ketones is 1. The molecule has 1 aliphatic carbocycles. The number of aliphatic carboxylic acids is 1. The molecule has 0 spiro atoms. The molecule has 6 nitrogen and oxygen atoms in total. The summed E-state index contributed by atoms with van der Waals surface area (Å²) in [6.07, 6.45) is 4.57. The molecule has 2 atom stereocenters. The Balaban J connectivity index is 2.23. The van der Waals surface area contributed by atoms with E-state index in [0.717, 1.165) is 12.8 Å². The first kappa shape index (κ1) is 16.3. The Hall–Kier alpha value is -2.11. The number of carbonyl (C=O) groups excluding carboxylic acids is 2. The number of aromatic nitrogens is 1. The van der Waals surface area contributed by atoms with E-state index >= 15 is 0 Å². The molecule has 120 valence electrons. The third-order valence-electron chi connectivity index (χ3n) is 4.55. The molecule has 1 aliphatic rings. The number of nitrogens with one attached hydrogen (secondary N) is 1. The molecule has 0 saturated heterocycles. The van der Waals surface area contributed by atoms with Crippen LogP contribution in [0.15, 0.2) is 12.3 Å². The SMILES string of the molecule is CC(=O)c1cc(C(=O)NC2(C)CCCCC2C(=O)O)n(C)c1. The van der Waals surface area contributed by atoms with Gasteiger partial charge in [0.2, 0.25) is 0 Å². The van der Waals surface area contributed by atoms with E-state index in [1.165, 1.54) is 6.92 Å². The van der Waals surface area contributed by atoms with E-state index in [9.17, 15) is 19.5 Å². The lowest BCUT2D eigenvalue weighted by Crippen LogP contribution is -2.55. The van der Waals surface area contributed by atoms with Crippen LogP contribution in [0.25, 0.3) is 0 Å². The largest absolute Gasteiger partial charge is 0.481 e. The van der Waals surface area contributed by atoms with Crippen LogP contribution < -0.4 is 5.32 Å². The molecule has 0 bridgehead atoms. The van der Waals surface area contributed by atoms with Gasteiger partial charge >= 0.3 is 5.97 Å². The molecule has 2 unspecified atom stereocenters. The summed E-state index contributed by atoms with van der Waals surface area (Å²) in [5.41, 5.74) is 0.0688. The topological polar surface area (TPSA) is 88.4 Å². The Morgan fingerprint density at radius 2 is 2.05 bits per heavy atom. The van der Waals surface area contributed by atoms with Crippen molar-refractivity contribution in [2.75, 3.05) is 0 Å². The molecule has 0 radical (unpaired) electrons. The van der Waals surface area contributed by atoms with Crippen LogP contribution in [0.2, 0.25) is 0 Å². The molecule has 1 aromatic rings. The van der Waals surface area contributed by atoms with Gasteiger partial charge in [0.15, 0.2) is 5.78 Å². The molecule has 1 fully saturated rings. The van der Waals surface area contributed by atoms with Crippen molar-refractivity contribution in [3.8, 4) is 0 Å². The molecule has 22 heavy (non-hydrogen) atoms. The zero-order chi connectivity index (χ0) is 16.5. The van der Waals surface area contributed by atoms with Crippen molar-refractivity contribution in [1.29, 1.82) is 0 Å². The molecule has 1 aromatic heterocycles. The zero-order valence-electron chi connectivity index (χ0n) is 13.2. The lowest BCUT2D eigenvalue weighted by atomic mass is 9.74. The van der Waals surface area contributed by atoms with Gasteiger partial charge in [-0.2, -0.15) is 0 Å². The second kappa shape index (κ2) is 5.94. The maximum absolute atomic E-state index is 12.5. The van der Waals surface area contributed by atoms with Crippen LogP contribution >= 0.6 is 0 Å². The summed E-state index contributed by atoms with van der Waals surface area (Å²) >= 11 is 0. The van der Waals surface area contributed by atoms with E-state index in [2.05, 4.69) is 5.32 Å². The fourth-order valence-corrected chi connectivity index (χ4v) is 3.19. The van der Waals surface area contributed by atoms with E-state index in [0.29, 0.717) is 24.1 Å². The maximum Gasteiger partial charge on any atom is 0.308 e. The van der Waals surface area contributed by atoms with Gasteiger partial charge in [-0.1, -0.05) is 12.8 Å². The fourth-order valence-electron chi connectivity index (χ4n) is 3.19. The van der Waals surface area contributed by atoms with Crippen LogP contribution in [0.5, 0.6) is 0 Å². The standard InChI is InChI=1S/C16H22N2O4/c1-10(19)11-8-13(18(3)9-11)14(20)17-16(2)7-5-4-6-12(16)15(21)22/h8-9,12H,4-7H2,1-3H3,(H,17,20)(H,21,22). The highest BCUT2D eigenvalue weighted by molar-refractivity contribution is 5.99. The van der Waals surface area contributed by atoms with Gasteiger partial charge in [-0.15, -0.1) is 0 Å². The molecule has 1 heterocycles. The maximum atomic E-state index is 12.5. The predicted octanol–water partition coefficient (Wildman–Crippen LogP) is 1.99. The van der Waals surface area contributed by atoms with Gasteiger partial charge in [0, 0.05) is 18.8 Å². The molecule has 0 aromatic carbocycles. The quantitative estimate of drug-likeness (QED) is 0.833. The first-order valence-electron chi connectivity index (χ1n) is 7.47. The number of nitrogens with zero attached hydrogens (tertiary/aromatic N) is 1. The monoisotopic (exact) mass is 306 g/mol. The lowest BCUT2D eigenvalue weighted by molar-refractivity contribution is -0.145. The summed E-state index contributed by atoms with van der Waals surface area (Å²) in [7, 11) is 1.69. The Labute approximate surface area is 129 Å². The number of carbonyl (C=O) groups is 3. The summed E-state index contributed by atoms with van der Waals surface area (Å²) in [4.78, 5) is 35.4. The zero-order valence-corrected chi connectivity index (χ0v) is 13.2. The van der Waals surface area contributed by atoms with E-state index in [4.69, 9.17) is 0 Å². The summed E-state index contributed by atoms with van der Waals surface area (Å²) in [5, 5.41) is 12.3. The highest BCUT2D eigenvalue weighted by Gasteiger charge is 2.42. The molecular formula is C16H22N2O4. The Morgan fingerprint density at radius 1 is 1.36 bits per heavy atom. The van der Waals surface area contributed by atoms with Gasteiger partial charge < -0.3 is 15.0 Å². The molecule has 2 rings (SSSR count). The molecular weight excluding hydrogens is 284 g/mol. The molecule has 2 N–H and O–H groups in total. The van der Waals surface area contributed by atoms with Crippen molar-refractivity contribution in [2.45, 2.75) is 45.1 Å². The van der Waals surface area contributed by atoms with Gasteiger partial charge in [0.25, 0.3) is 5.91 Å². The van der Waals surface area contributed by atoms with Crippen LogP contribution in [0.1, 0.15) is 60.4 Å². The van der Waals surface area contributed by atoms with Crippen molar-refractivity contribution < 1.29 is 19.5 Å². The van der Waals surface area contributed by atoms with Gasteiger partial charge in [-0.25, -0.2) is 0 Å². The fraction of sp³-hybridized carbons (Fsp3) is 0.562. The minimum atomic E-state index is -0.876. The van der Waals surface area contributed by atoms with Crippen molar-refractivity contribution in [3.63, 3.8) is 0 Å². The Bertz CT molecular complexity index is 620. The van der Waals surface area contributed by atoms with Gasteiger partial charge in [0.05, 0.1) is 11.5 Å². The summed E-state index contributed by atoms with van der Waals surface area (Å²) in [5.74, 6) is -1.91. The van der Waals surface area contributed by atoms with E-state index in [1.807, 2.05) is 0 Å². The minimum absolute atomic E-state index is 0.109.